The number of nitrogens with two attached hydrogens (primary N) is 1. The van der Waals surface area contributed by atoms with Crippen molar-refractivity contribution in [2.45, 2.75) is 18.9 Å². The minimum atomic E-state index is -0.804. The van der Waals surface area contributed by atoms with Crippen LogP contribution in [0.25, 0.3) is 0 Å². The highest BCUT2D eigenvalue weighted by Crippen LogP contribution is 2.25. The Morgan fingerprint density at radius 1 is 1.14 bits per heavy atom. The fraction of sp³-hybridized carbons (Fsp3) is 0.188. The Labute approximate surface area is 122 Å². The molecule has 0 aliphatic carbocycles. The molecule has 0 aliphatic rings. The molecule has 3 rings (SSSR count). The Hall–Kier alpha value is -2.53. The zero-order valence-electron chi connectivity index (χ0n) is 11.7. The molecule has 2 N–H and O–H groups in total. The van der Waals surface area contributed by atoms with Crippen molar-refractivity contribution in [3.8, 4) is 0 Å². The third-order valence-corrected chi connectivity index (χ3v) is 3.37. The van der Waals surface area contributed by atoms with Gasteiger partial charge in [-0.25, -0.2) is 0 Å². The number of hydrogen-bond acceptors (Lipinski definition) is 5. The predicted molar refractivity (Wildman–Crippen MR) is 78.4 cm³/mol. The minimum Gasteiger partial charge on any atom is -0.337 e. The van der Waals surface area contributed by atoms with Crippen LogP contribution in [0.4, 0.5) is 0 Å². The Bertz CT molecular complexity index is 707. The molecule has 2 heterocycles. The number of rotatable bonds is 4. The molecule has 1 atom stereocenters. The topological polar surface area (TPSA) is 77.8 Å². The molecular weight excluding hydrogens is 264 g/mol. The van der Waals surface area contributed by atoms with E-state index in [2.05, 4.69) is 15.1 Å². The highest BCUT2D eigenvalue weighted by molar-refractivity contribution is 5.29. The van der Waals surface area contributed by atoms with Gasteiger partial charge in [0.05, 0.1) is 0 Å². The van der Waals surface area contributed by atoms with Crippen LogP contribution in [0.3, 0.4) is 0 Å². The average molecular weight is 280 g/mol. The lowest BCUT2D eigenvalue weighted by molar-refractivity contribution is 0.323. The molecule has 106 valence electrons. The largest absolute Gasteiger partial charge is 0.337 e. The number of aromatic nitrogens is 3. The first-order chi connectivity index (χ1) is 10.2. The number of pyridine rings is 1. The second kappa shape index (κ2) is 5.46. The molecular formula is C16H16N4O. The van der Waals surface area contributed by atoms with Crippen molar-refractivity contribution in [3.05, 3.63) is 77.7 Å². The summed E-state index contributed by atoms with van der Waals surface area (Å²) in [4.78, 5) is 8.50. The quantitative estimate of drug-likeness (QED) is 0.793. The lowest BCUT2D eigenvalue weighted by Gasteiger charge is -2.20. The number of hydrogen-bond donors (Lipinski definition) is 1. The molecule has 0 radical (unpaired) electrons. The van der Waals surface area contributed by atoms with Gasteiger partial charge in [-0.3, -0.25) is 4.98 Å². The zero-order valence-corrected chi connectivity index (χ0v) is 11.7. The summed E-state index contributed by atoms with van der Waals surface area (Å²) in [6, 6.07) is 13.6. The van der Waals surface area contributed by atoms with E-state index in [0.29, 0.717) is 18.1 Å². The standard InChI is InChI=1S/C16H16N4O/c1-16(17,13-7-3-2-4-8-13)15-19-14(20-21-15)10-12-6-5-9-18-11-12/h2-9,11H,10,17H2,1H3. The Balaban J connectivity index is 1.85. The molecule has 1 aromatic carbocycles. The molecule has 3 aromatic rings. The molecule has 0 aliphatic heterocycles. The first-order valence-corrected chi connectivity index (χ1v) is 6.72. The summed E-state index contributed by atoms with van der Waals surface area (Å²) in [5, 5.41) is 4.01. The smallest absolute Gasteiger partial charge is 0.251 e. The molecule has 0 fully saturated rings. The summed E-state index contributed by atoms with van der Waals surface area (Å²) in [5.74, 6) is 1.01. The van der Waals surface area contributed by atoms with Crippen LogP contribution < -0.4 is 5.73 Å². The van der Waals surface area contributed by atoms with Gasteiger partial charge in [0, 0.05) is 18.8 Å². The van der Waals surface area contributed by atoms with E-state index in [1.165, 1.54) is 0 Å². The van der Waals surface area contributed by atoms with Gasteiger partial charge >= 0.3 is 0 Å². The van der Waals surface area contributed by atoms with E-state index in [1.807, 2.05) is 49.4 Å². The Kier molecular flexibility index (Phi) is 3.50. The molecule has 1 unspecified atom stereocenters. The molecule has 5 nitrogen and oxygen atoms in total. The van der Waals surface area contributed by atoms with E-state index >= 15 is 0 Å². The van der Waals surface area contributed by atoms with Crippen LogP contribution in [-0.2, 0) is 12.0 Å². The maximum atomic E-state index is 6.36. The van der Waals surface area contributed by atoms with Crippen molar-refractivity contribution in [2.75, 3.05) is 0 Å². The van der Waals surface area contributed by atoms with E-state index in [1.54, 1.807) is 12.4 Å². The molecule has 2 aromatic heterocycles. The Morgan fingerprint density at radius 3 is 2.67 bits per heavy atom. The average Bonchev–Trinajstić information content (AvgIpc) is 2.98. The van der Waals surface area contributed by atoms with Crippen LogP contribution in [0.5, 0.6) is 0 Å². The maximum absolute atomic E-state index is 6.36. The van der Waals surface area contributed by atoms with E-state index < -0.39 is 5.54 Å². The third-order valence-electron chi connectivity index (χ3n) is 3.37. The number of benzene rings is 1. The Morgan fingerprint density at radius 2 is 1.95 bits per heavy atom. The normalized spacial score (nSPS) is 13.8. The van der Waals surface area contributed by atoms with Crippen LogP contribution in [-0.4, -0.2) is 15.1 Å². The van der Waals surface area contributed by atoms with E-state index in [4.69, 9.17) is 10.3 Å². The van der Waals surface area contributed by atoms with Gasteiger partial charge in [0.25, 0.3) is 5.89 Å². The zero-order chi connectivity index (χ0) is 14.7. The van der Waals surface area contributed by atoms with Gasteiger partial charge in [-0.05, 0) is 24.1 Å². The van der Waals surface area contributed by atoms with Crippen LogP contribution in [0, 0.1) is 0 Å². The summed E-state index contributed by atoms with van der Waals surface area (Å²) in [5.41, 5.74) is 7.52. The lowest BCUT2D eigenvalue weighted by Crippen LogP contribution is -2.34. The van der Waals surface area contributed by atoms with Crippen molar-refractivity contribution < 1.29 is 4.52 Å². The lowest BCUT2D eigenvalue weighted by atomic mass is 9.93. The van der Waals surface area contributed by atoms with Gasteiger partial charge in [-0.1, -0.05) is 41.6 Å². The SMILES string of the molecule is CC(N)(c1ccccc1)c1nc(Cc2cccnc2)no1. The summed E-state index contributed by atoms with van der Waals surface area (Å²) in [6.07, 6.45) is 4.09. The van der Waals surface area contributed by atoms with Crippen LogP contribution >= 0.6 is 0 Å². The molecule has 0 spiro atoms. The van der Waals surface area contributed by atoms with E-state index in [-0.39, 0.29) is 0 Å². The van der Waals surface area contributed by atoms with Crippen molar-refractivity contribution in [1.82, 2.24) is 15.1 Å². The monoisotopic (exact) mass is 280 g/mol. The predicted octanol–water partition coefficient (Wildman–Crippen LogP) is 2.28. The van der Waals surface area contributed by atoms with Crippen molar-refractivity contribution in [1.29, 1.82) is 0 Å². The second-order valence-electron chi connectivity index (χ2n) is 5.12. The van der Waals surface area contributed by atoms with Gasteiger partial charge in [-0.2, -0.15) is 4.98 Å². The summed E-state index contributed by atoms with van der Waals surface area (Å²) < 4.78 is 5.35. The second-order valence-corrected chi connectivity index (χ2v) is 5.12. The third kappa shape index (κ3) is 2.83. The van der Waals surface area contributed by atoms with Crippen LogP contribution in [0.15, 0.2) is 59.4 Å². The summed E-state index contributed by atoms with van der Waals surface area (Å²) >= 11 is 0. The van der Waals surface area contributed by atoms with Crippen molar-refractivity contribution >= 4 is 0 Å². The molecule has 0 saturated carbocycles. The van der Waals surface area contributed by atoms with Gasteiger partial charge in [0.1, 0.15) is 5.54 Å². The minimum absolute atomic E-state index is 0.410. The van der Waals surface area contributed by atoms with Gasteiger partial charge in [0.2, 0.25) is 0 Å². The molecule has 0 saturated heterocycles. The molecule has 0 amide bonds. The van der Waals surface area contributed by atoms with Gasteiger partial charge in [0.15, 0.2) is 5.82 Å². The maximum Gasteiger partial charge on any atom is 0.251 e. The van der Waals surface area contributed by atoms with E-state index in [0.717, 1.165) is 11.1 Å². The fourth-order valence-electron chi connectivity index (χ4n) is 2.13. The highest BCUT2D eigenvalue weighted by Gasteiger charge is 2.30. The number of nitrogens with zero attached hydrogens (tertiary/aromatic N) is 3. The molecule has 5 heteroatoms. The van der Waals surface area contributed by atoms with Gasteiger partial charge < -0.3 is 10.3 Å². The van der Waals surface area contributed by atoms with Crippen molar-refractivity contribution in [3.63, 3.8) is 0 Å². The van der Waals surface area contributed by atoms with E-state index in [9.17, 15) is 0 Å². The van der Waals surface area contributed by atoms with Crippen LogP contribution in [0.2, 0.25) is 0 Å². The summed E-state index contributed by atoms with van der Waals surface area (Å²) in [7, 11) is 0. The fourth-order valence-corrected chi connectivity index (χ4v) is 2.13. The molecule has 0 bridgehead atoms. The van der Waals surface area contributed by atoms with Crippen molar-refractivity contribution in [2.24, 2.45) is 5.73 Å². The first kappa shape index (κ1) is 13.5. The molecule has 21 heavy (non-hydrogen) atoms. The highest BCUT2D eigenvalue weighted by atomic mass is 16.5. The first-order valence-electron chi connectivity index (χ1n) is 6.72. The van der Waals surface area contributed by atoms with Crippen LogP contribution in [0.1, 0.15) is 29.8 Å². The van der Waals surface area contributed by atoms with Gasteiger partial charge in [-0.15, -0.1) is 0 Å². The summed E-state index contributed by atoms with van der Waals surface area (Å²) in [6.45, 7) is 1.86.